The van der Waals surface area contributed by atoms with Gasteiger partial charge in [0, 0.05) is 32.8 Å². The summed E-state index contributed by atoms with van der Waals surface area (Å²) >= 11 is 0. The molecule has 0 saturated carbocycles. The molecule has 1 rings (SSSR count). The summed E-state index contributed by atoms with van der Waals surface area (Å²) in [5.41, 5.74) is 0. The highest BCUT2D eigenvalue weighted by molar-refractivity contribution is 5.77. The number of amides is 1. The highest BCUT2D eigenvalue weighted by atomic mass is 16.5. The molecule has 0 aromatic rings. The third-order valence-electron chi connectivity index (χ3n) is 3.40. The summed E-state index contributed by atoms with van der Waals surface area (Å²) in [6.45, 7) is 7.21. The first-order valence-corrected chi connectivity index (χ1v) is 7.47. The second-order valence-electron chi connectivity index (χ2n) is 5.22. The number of methoxy groups -OCH3 is 1. The van der Waals surface area contributed by atoms with Gasteiger partial charge in [-0.3, -0.25) is 9.69 Å². The van der Waals surface area contributed by atoms with Crippen LogP contribution in [0.15, 0.2) is 0 Å². The molecule has 0 aromatic heterocycles. The molecule has 0 bridgehead atoms. The molecule has 0 aromatic carbocycles. The van der Waals surface area contributed by atoms with Gasteiger partial charge < -0.3 is 15.4 Å². The monoisotopic (exact) mass is 271 g/mol. The highest BCUT2D eigenvalue weighted by Crippen LogP contribution is 2.09. The van der Waals surface area contributed by atoms with E-state index in [0.717, 1.165) is 32.5 Å². The number of likely N-dealkylation sites (tertiary alicyclic amines) is 1. The topological polar surface area (TPSA) is 53.6 Å². The van der Waals surface area contributed by atoms with Crippen LogP contribution in [0.1, 0.15) is 32.6 Å². The van der Waals surface area contributed by atoms with Crippen LogP contribution in [-0.4, -0.2) is 63.3 Å². The Labute approximate surface area is 117 Å². The Bertz CT molecular complexity index is 249. The van der Waals surface area contributed by atoms with Gasteiger partial charge in [-0.05, 0) is 38.8 Å². The zero-order valence-electron chi connectivity index (χ0n) is 12.4. The van der Waals surface area contributed by atoms with E-state index in [1.165, 1.54) is 12.8 Å². The number of nitrogens with zero attached hydrogens (tertiary/aromatic N) is 1. The summed E-state index contributed by atoms with van der Waals surface area (Å²) in [5.74, 6) is 0.132. The fraction of sp³-hybridized carbons (Fsp3) is 0.929. The van der Waals surface area contributed by atoms with Gasteiger partial charge in [0.05, 0.1) is 6.54 Å². The summed E-state index contributed by atoms with van der Waals surface area (Å²) in [7, 11) is 1.68. The Morgan fingerprint density at radius 1 is 1.42 bits per heavy atom. The van der Waals surface area contributed by atoms with Crippen molar-refractivity contribution in [3.05, 3.63) is 0 Å². The Balaban J connectivity index is 2.14. The van der Waals surface area contributed by atoms with Crippen molar-refractivity contribution >= 4 is 5.91 Å². The molecule has 0 radical (unpaired) electrons. The van der Waals surface area contributed by atoms with Gasteiger partial charge in [-0.25, -0.2) is 0 Å². The first-order chi connectivity index (χ1) is 9.26. The fourth-order valence-electron chi connectivity index (χ4n) is 2.42. The quantitative estimate of drug-likeness (QED) is 0.603. The fourth-order valence-corrected chi connectivity index (χ4v) is 2.42. The minimum Gasteiger partial charge on any atom is -0.385 e. The van der Waals surface area contributed by atoms with Gasteiger partial charge >= 0.3 is 0 Å². The second-order valence-corrected chi connectivity index (χ2v) is 5.22. The summed E-state index contributed by atoms with van der Waals surface area (Å²) in [6, 6.07) is 0.551. The molecule has 5 heteroatoms. The number of piperidine rings is 1. The van der Waals surface area contributed by atoms with E-state index in [1.54, 1.807) is 7.11 Å². The largest absolute Gasteiger partial charge is 0.385 e. The van der Waals surface area contributed by atoms with Gasteiger partial charge in [-0.1, -0.05) is 6.92 Å². The molecule has 1 saturated heterocycles. The van der Waals surface area contributed by atoms with Crippen molar-refractivity contribution < 1.29 is 9.53 Å². The number of nitrogens with one attached hydrogen (secondary N) is 2. The van der Waals surface area contributed by atoms with Crippen LogP contribution in [0.2, 0.25) is 0 Å². The lowest BCUT2D eigenvalue weighted by Crippen LogP contribution is -2.49. The average Bonchev–Trinajstić information content (AvgIpc) is 2.42. The Hall–Kier alpha value is -0.650. The van der Waals surface area contributed by atoms with Crippen LogP contribution in [0.5, 0.6) is 0 Å². The number of rotatable bonds is 9. The molecule has 1 unspecified atom stereocenters. The standard InChI is InChI=1S/C14H29N3O2/c1-3-7-15-13-6-4-9-17(11-13)12-14(18)16-8-5-10-19-2/h13,15H,3-12H2,1-2H3,(H,16,18). The van der Waals surface area contributed by atoms with Crippen LogP contribution >= 0.6 is 0 Å². The predicted molar refractivity (Wildman–Crippen MR) is 77.3 cm³/mol. The lowest BCUT2D eigenvalue weighted by atomic mass is 10.1. The first-order valence-electron chi connectivity index (χ1n) is 7.47. The van der Waals surface area contributed by atoms with Gasteiger partial charge in [0.25, 0.3) is 0 Å². The molecule has 1 amide bonds. The summed E-state index contributed by atoms with van der Waals surface area (Å²) in [5, 5.41) is 6.49. The smallest absolute Gasteiger partial charge is 0.234 e. The van der Waals surface area contributed by atoms with Gasteiger partial charge in [0.1, 0.15) is 0 Å². The van der Waals surface area contributed by atoms with Crippen molar-refractivity contribution in [1.82, 2.24) is 15.5 Å². The van der Waals surface area contributed by atoms with Crippen molar-refractivity contribution in [2.75, 3.05) is 46.4 Å². The maximum Gasteiger partial charge on any atom is 0.234 e. The number of carbonyl (C=O) groups excluding carboxylic acids is 1. The van der Waals surface area contributed by atoms with Crippen LogP contribution in [-0.2, 0) is 9.53 Å². The molecule has 1 heterocycles. The normalized spacial score (nSPS) is 20.4. The van der Waals surface area contributed by atoms with E-state index < -0.39 is 0 Å². The molecule has 1 aliphatic rings. The van der Waals surface area contributed by atoms with Crippen LogP contribution in [0.25, 0.3) is 0 Å². The second kappa shape index (κ2) is 10.2. The molecular formula is C14H29N3O2. The van der Waals surface area contributed by atoms with E-state index in [4.69, 9.17) is 4.74 Å². The van der Waals surface area contributed by atoms with Gasteiger partial charge in [-0.15, -0.1) is 0 Å². The average molecular weight is 271 g/mol. The van der Waals surface area contributed by atoms with Crippen LogP contribution in [0.3, 0.4) is 0 Å². The Morgan fingerprint density at radius 3 is 3.00 bits per heavy atom. The minimum absolute atomic E-state index is 0.132. The molecule has 1 atom stereocenters. The lowest BCUT2D eigenvalue weighted by Gasteiger charge is -2.32. The molecule has 19 heavy (non-hydrogen) atoms. The third-order valence-corrected chi connectivity index (χ3v) is 3.40. The zero-order chi connectivity index (χ0) is 13.9. The summed E-state index contributed by atoms with van der Waals surface area (Å²) in [4.78, 5) is 14.0. The van der Waals surface area contributed by atoms with E-state index in [2.05, 4.69) is 22.5 Å². The van der Waals surface area contributed by atoms with Crippen LogP contribution in [0.4, 0.5) is 0 Å². The van der Waals surface area contributed by atoms with Crippen molar-refractivity contribution in [2.24, 2.45) is 0 Å². The molecule has 5 nitrogen and oxygen atoms in total. The summed E-state index contributed by atoms with van der Waals surface area (Å²) < 4.78 is 4.96. The molecule has 0 aliphatic carbocycles. The van der Waals surface area contributed by atoms with Crippen LogP contribution in [0, 0.1) is 0 Å². The Morgan fingerprint density at radius 2 is 2.26 bits per heavy atom. The van der Waals surface area contributed by atoms with Gasteiger partial charge in [-0.2, -0.15) is 0 Å². The van der Waals surface area contributed by atoms with E-state index in [1.807, 2.05) is 0 Å². The van der Waals surface area contributed by atoms with Crippen molar-refractivity contribution in [3.8, 4) is 0 Å². The Kier molecular flexibility index (Phi) is 8.79. The number of hydrogen-bond donors (Lipinski definition) is 2. The van der Waals surface area contributed by atoms with E-state index in [9.17, 15) is 4.79 Å². The number of hydrogen-bond acceptors (Lipinski definition) is 4. The molecule has 1 fully saturated rings. The molecule has 0 spiro atoms. The van der Waals surface area contributed by atoms with E-state index in [-0.39, 0.29) is 5.91 Å². The zero-order valence-corrected chi connectivity index (χ0v) is 12.4. The third kappa shape index (κ3) is 7.50. The van der Waals surface area contributed by atoms with Crippen LogP contribution < -0.4 is 10.6 Å². The summed E-state index contributed by atoms with van der Waals surface area (Å²) in [6.07, 6.45) is 4.45. The molecular weight excluding hydrogens is 242 g/mol. The van der Waals surface area contributed by atoms with Gasteiger partial charge in [0.15, 0.2) is 0 Å². The number of ether oxygens (including phenoxy) is 1. The van der Waals surface area contributed by atoms with E-state index >= 15 is 0 Å². The highest BCUT2D eigenvalue weighted by Gasteiger charge is 2.20. The molecule has 1 aliphatic heterocycles. The lowest BCUT2D eigenvalue weighted by molar-refractivity contribution is -0.122. The molecule has 2 N–H and O–H groups in total. The minimum atomic E-state index is 0.132. The van der Waals surface area contributed by atoms with Gasteiger partial charge in [0.2, 0.25) is 5.91 Å². The SMILES string of the molecule is CCCNC1CCCN(CC(=O)NCCCOC)C1. The predicted octanol–water partition coefficient (Wildman–Crippen LogP) is 0.603. The number of carbonyl (C=O) groups is 1. The first kappa shape index (κ1) is 16.4. The maximum absolute atomic E-state index is 11.8. The van der Waals surface area contributed by atoms with Crippen molar-refractivity contribution in [1.29, 1.82) is 0 Å². The maximum atomic E-state index is 11.8. The van der Waals surface area contributed by atoms with E-state index in [0.29, 0.717) is 25.7 Å². The van der Waals surface area contributed by atoms with Crippen molar-refractivity contribution in [2.45, 2.75) is 38.6 Å². The van der Waals surface area contributed by atoms with Crippen molar-refractivity contribution in [3.63, 3.8) is 0 Å². The molecule has 112 valence electrons.